The molecule has 0 saturated heterocycles. The molecule has 0 bridgehead atoms. The lowest BCUT2D eigenvalue weighted by atomic mass is 10.1. The first-order valence-electron chi connectivity index (χ1n) is 9.90. The van der Waals surface area contributed by atoms with Gasteiger partial charge in [-0.15, -0.1) is 11.3 Å². The van der Waals surface area contributed by atoms with Gasteiger partial charge in [0.05, 0.1) is 5.39 Å². The maximum Gasteiger partial charge on any atom is 0.259 e. The van der Waals surface area contributed by atoms with Crippen LogP contribution in [-0.4, -0.2) is 27.8 Å². The molecule has 0 radical (unpaired) electrons. The summed E-state index contributed by atoms with van der Waals surface area (Å²) in [7, 11) is 1.82. The average Bonchev–Trinajstić information content (AvgIpc) is 3.27. The number of benzene rings is 1. The summed E-state index contributed by atoms with van der Waals surface area (Å²) in [5.41, 5.74) is 3.54. The van der Waals surface area contributed by atoms with Crippen molar-refractivity contribution in [3.8, 4) is 0 Å². The van der Waals surface area contributed by atoms with E-state index in [1.807, 2.05) is 7.05 Å². The van der Waals surface area contributed by atoms with E-state index in [0.717, 1.165) is 41.5 Å². The van der Waals surface area contributed by atoms with Gasteiger partial charge in [-0.1, -0.05) is 31.2 Å². The lowest BCUT2D eigenvalue weighted by molar-refractivity contribution is -0.130. The molecular weight excluding hydrogens is 370 g/mol. The van der Waals surface area contributed by atoms with Gasteiger partial charge in [0, 0.05) is 31.3 Å². The van der Waals surface area contributed by atoms with Crippen molar-refractivity contribution in [2.24, 2.45) is 0 Å². The second-order valence-electron chi connectivity index (χ2n) is 7.47. The highest BCUT2D eigenvalue weighted by Crippen LogP contribution is 2.34. The van der Waals surface area contributed by atoms with Gasteiger partial charge in [0.15, 0.2) is 0 Å². The molecule has 2 heterocycles. The highest BCUT2D eigenvalue weighted by Gasteiger charge is 2.21. The van der Waals surface area contributed by atoms with Crippen molar-refractivity contribution in [3.05, 3.63) is 62.0 Å². The Balaban J connectivity index is 1.40. The van der Waals surface area contributed by atoms with E-state index in [1.165, 1.54) is 16.0 Å². The molecule has 1 aromatic carbocycles. The first-order chi connectivity index (χ1) is 13.5. The van der Waals surface area contributed by atoms with E-state index in [1.54, 1.807) is 16.2 Å². The Hall–Kier alpha value is -2.47. The number of aryl methyl sites for hydroxylation is 4. The molecule has 1 aliphatic rings. The number of H-pyrrole nitrogens is 1. The van der Waals surface area contributed by atoms with Crippen LogP contribution in [0.2, 0.25) is 0 Å². The van der Waals surface area contributed by atoms with E-state index in [4.69, 9.17) is 0 Å². The Morgan fingerprint density at radius 3 is 2.71 bits per heavy atom. The van der Waals surface area contributed by atoms with Crippen molar-refractivity contribution in [1.29, 1.82) is 0 Å². The molecule has 5 nitrogen and oxygen atoms in total. The molecule has 2 aromatic heterocycles. The third-order valence-electron chi connectivity index (χ3n) is 5.48. The standard InChI is InChI=1S/C22H25N3O2S/c1-3-14-7-9-15(10-8-14)13-25(2)19(26)12-11-18-23-21(27)20-16-5-4-6-17(16)28-22(20)24-18/h7-10H,3-6,11-13H2,1-2H3,(H,23,24,27). The van der Waals surface area contributed by atoms with E-state index >= 15 is 0 Å². The fraction of sp³-hybridized carbons (Fsp3) is 0.409. The molecule has 0 spiro atoms. The number of rotatable bonds is 6. The maximum absolute atomic E-state index is 12.5. The Bertz CT molecular complexity index is 1070. The van der Waals surface area contributed by atoms with Gasteiger partial charge in [-0.3, -0.25) is 9.59 Å². The number of carbonyl (C=O) groups excluding carboxylic acids is 1. The molecule has 1 aliphatic carbocycles. The van der Waals surface area contributed by atoms with Crippen LogP contribution in [0.15, 0.2) is 29.1 Å². The summed E-state index contributed by atoms with van der Waals surface area (Å²) >= 11 is 1.63. The smallest absolute Gasteiger partial charge is 0.259 e. The van der Waals surface area contributed by atoms with Crippen LogP contribution in [-0.2, 0) is 37.0 Å². The first-order valence-corrected chi connectivity index (χ1v) is 10.7. The number of aromatic amines is 1. The molecule has 0 aliphatic heterocycles. The molecule has 0 saturated carbocycles. The van der Waals surface area contributed by atoms with E-state index < -0.39 is 0 Å². The highest BCUT2D eigenvalue weighted by molar-refractivity contribution is 7.18. The molecule has 4 rings (SSSR count). The van der Waals surface area contributed by atoms with Crippen molar-refractivity contribution in [2.75, 3.05) is 7.05 Å². The monoisotopic (exact) mass is 395 g/mol. The van der Waals surface area contributed by atoms with Crippen LogP contribution < -0.4 is 5.56 Å². The van der Waals surface area contributed by atoms with Crippen molar-refractivity contribution < 1.29 is 4.79 Å². The van der Waals surface area contributed by atoms with Crippen LogP contribution in [0, 0.1) is 0 Å². The normalized spacial score (nSPS) is 13.1. The van der Waals surface area contributed by atoms with Crippen LogP contribution in [0.5, 0.6) is 0 Å². The minimum absolute atomic E-state index is 0.0518. The fourth-order valence-corrected chi connectivity index (χ4v) is 5.10. The first kappa shape index (κ1) is 18.9. The van der Waals surface area contributed by atoms with Gasteiger partial charge in [-0.05, 0) is 42.4 Å². The topological polar surface area (TPSA) is 66.1 Å². The summed E-state index contributed by atoms with van der Waals surface area (Å²) in [5.74, 6) is 0.655. The van der Waals surface area contributed by atoms with Crippen LogP contribution in [0.3, 0.4) is 0 Å². The Kier molecular flexibility index (Phi) is 5.31. The van der Waals surface area contributed by atoms with Crippen molar-refractivity contribution >= 4 is 27.5 Å². The van der Waals surface area contributed by atoms with Crippen LogP contribution in [0.25, 0.3) is 10.2 Å². The van der Waals surface area contributed by atoms with Gasteiger partial charge in [0.1, 0.15) is 10.7 Å². The van der Waals surface area contributed by atoms with Gasteiger partial charge < -0.3 is 9.88 Å². The number of fused-ring (bicyclic) bond motifs is 3. The second kappa shape index (κ2) is 7.87. The summed E-state index contributed by atoms with van der Waals surface area (Å²) in [6.45, 7) is 2.72. The van der Waals surface area contributed by atoms with E-state index in [-0.39, 0.29) is 11.5 Å². The highest BCUT2D eigenvalue weighted by atomic mass is 32.1. The summed E-state index contributed by atoms with van der Waals surface area (Å²) in [4.78, 5) is 36.4. The largest absolute Gasteiger partial charge is 0.341 e. The van der Waals surface area contributed by atoms with Crippen LogP contribution in [0.4, 0.5) is 0 Å². The Labute approximate surface area is 168 Å². The predicted octanol–water partition coefficient (Wildman–Crippen LogP) is 3.63. The Morgan fingerprint density at radius 2 is 1.96 bits per heavy atom. The second-order valence-corrected chi connectivity index (χ2v) is 8.55. The number of hydrogen-bond acceptors (Lipinski definition) is 4. The van der Waals surface area contributed by atoms with Gasteiger partial charge in [-0.2, -0.15) is 0 Å². The van der Waals surface area contributed by atoms with E-state index in [9.17, 15) is 9.59 Å². The molecule has 0 atom stereocenters. The summed E-state index contributed by atoms with van der Waals surface area (Å²) in [6.07, 6.45) is 4.95. The number of hydrogen-bond donors (Lipinski definition) is 1. The molecule has 6 heteroatoms. The van der Waals surface area contributed by atoms with Crippen LogP contribution in [0.1, 0.15) is 47.2 Å². The van der Waals surface area contributed by atoms with Gasteiger partial charge in [0.2, 0.25) is 5.91 Å². The minimum atomic E-state index is -0.0591. The number of thiophene rings is 1. The zero-order chi connectivity index (χ0) is 19.7. The molecule has 1 amide bonds. The molecule has 3 aromatic rings. The molecule has 146 valence electrons. The number of nitrogens with one attached hydrogen (secondary N) is 1. The molecule has 28 heavy (non-hydrogen) atoms. The molecule has 0 fully saturated rings. The van der Waals surface area contributed by atoms with Gasteiger partial charge in [-0.25, -0.2) is 4.98 Å². The average molecular weight is 396 g/mol. The number of nitrogens with zero attached hydrogens (tertiary/aromatic N) is 2. The third kappa shape index (κ3) is 3.74. The van der Waals surface area contributed by atoms with Gasteiger partial charge in [0.25, 0.3) is 5.56 Å². The number of aromatic nitrogens is 2. The predicted molar refractivity (Wildman–Crippen MR) is 113 cm³/mol. The third-order valence-corrected chi connectivity index (χ3v) is 6.66. The zero-order valence-electron chi connectivity index (χ0n) is 16.4. The quantitative estimate of drug-likeness (QED) is 0.693. The molecular formula is C22H25N3O2S. The molecule has 0 unspecified atom stereocenters. The fourth-order valence-electron chi connectivity index (χ4n) is 3.82. The van der Waals surface area contributed by atoms with Crippen molar-refractivity contribution in [3.63, 3.8) is 0 Å². The SMILES string of the molecule is CCc1ccc(CN(C)C(=O)CCc2nc3sc4c(c3c(=O)[nH]2)CCC4)cc1. The van der Waals surface area contributed by atoms with E-state index in [0.29, 0.717) is 25.2 Å². The van der Waals surface area contributed by atoms with Crippen LogP contribution >= 0.6 is 11.3 Å². The summed E-state index contributed by atoms with van der Waals surface area (Å²) in [6, 6.07) is 8.36. The van der Waals surface area contributed by atoms with Gasteiger partial charge >= 0.3 is 0 Å². The maximum atomic E-state index is 12.5. The Morgan fingerprint density at radius 1 is 1.21 bits per heavy atom. The van der Waals surface area contributed by atoms with Crippen molar-refractivity contribution in [2.45, 2.75) is 52.0 Å². The zero-order valence-corrected chi connectivity index (χ0v) is 17.2. The van der Waals surface area contributed by atoms with Crippen molar-refractivity contribution in [1.82, 2.24) is 14.9 Å². The number of carbonyl (C=O) groups is 1. The lowest BCUT2D eigenvalue weighted by Crippen LogP contribution is -2.26. The number of amides is 1. The summed E-state index contributed by atoms with van der Waals surface area (Å²) in [5, 5.41) is 0.764. The molecule has 1 N–H and O–H groups in total. The lowest BCUT2D eigenvalue weighted by Gasteiger charge is -2.17. The summed E-state index contributed by atoms with van der Waals surface area (Å²) < 4.78 is 0. The van der Waals surface area contributed by atoms with E-state index in [2.05, 4.69) is 41.2 Å². The minimum Gasteiger partial charge on any atom is -0.341 e.